The van der Waals surface area contributed by atoms with Crippen molar-refractivity contribution in [3.05, 3.63) is 41.3 Å². The van der Waals surface area contributed by atoms with E-state index in [0.717, 1.165) is 6.07 Å². The summed E-state index contributed by atoms with van der Waals surface area (Å²) < 4.78 is 48.5. The highest BCUT2D eigenvalue weighted by Crippen LogP contribution is 2.34. The number of benzene rings is 1. The quantitative estimate of drug-likeness (QED) is 0.616. The van der Waals surface area contributed by atoms with E-state index in [-0.39, 0.29) is 16.7 Å². The first-order valence-corrected chi connectivity index (χ1v) is 7.99. The molecule has 0 bridgehead atoms. The van der Waals surface area contributed by atoms with Crippen LogP contribution in [0, 0.1) is 0 Å². The van der Waals surface area contributed by atoms with Gasteiger partial charge < -0.3 is 9.15 Å². The number of halogens is 3. The van der Waals surface area contributed by atoms with Crippen molar-refractivity contribution in [1.29, 1.82) is 0 Å². The Labute approximate surface area is 144 Å². The number of ether oxygens (including phenoxy) is 1. The fourth-order valence-electron chi connectivity index (χ4n) is 2.07. The van der Waals surface area contributed by atoms with Gasteiger partial charge in [-0.15, -0.1) is 21.5 Å². The molecule has 25 heavy (non-hydrogen) atoms. The van der Waals surface area contributed by atoms with Crippen molar-refractivity contribution in [2.45, 2.75) is 13.1 Å². The van der Waals surface area contributed by atoms with Crippen LogP contribution in [0.15, 0.2) is 40.8 Å². The largest absolute Gasteiger partial charge is 0.493 e. The molecule has 2 aromatic heterocycles. The molecule has 1 aromatic carbocycles. The Hall–Kier alpha value is -2.68. The second-order valence-electron chi connectivity index (χ2n) is 4.83. The molecule has 0 aliphatic carbocycles. The number of carbonyl (C=O) groups is 1. The predicted octanol–water partition coefficient (Wildman–Crippen LogP) is 4.61. The first kappa shape index (κ1) is 17.2. The zero-order valence-electron chi connectivity index (χ0n) is 12.8. The Morgan fingerprint density at radius 2 is 1.88 bits per heavy atom. The highest BCUT2D eigenvalue weighted by atomic mass is 32.1. The second kappa shape index (κ2) is 6.67. The van der Waals surface area contributed by atoms with Crippen LogP contribution in [-0.2, 0) is 0 Å². The van der Waals surface area contributed by atoms with Crippen molar-refractivity contribution >= 4 is 17.1 Å². The van der Waals surface area contributed by atoms with Crippen LogP contribution in [0.3, 0.4) is 0 Å². The van der Waals surface area contributed by atoms with Gasteiger partial charge in [0.2, 0.25) is 0 Å². The van der Waals surface area contributed by atoms with Gasteiger partial charge in [0.1, 0.15) is 5.75 Å². The minimum absolute atomic E-state index is 0.0347. The maximum Gasteiger partial charge on any atom is 0.455 e. The van der Waals surface area contributed by atoms with Gasteiger partial charge in [-0.2, -0.15) is 13.2 Å². The summed E-state index contributed by atoms with van der Waals surface area (Å²) in [7, 11) is 0. The molecule has 5 nitrogen and oxygen atoms in total. The number of para-hydroxylation sites is 1. The third-order valence-electron chi connectivity index (χ3n) is 3.14. The molecule has 3 rings (SSSR count). The Bertz CT molecular complexity index is 902. The zero-order chi connectivity index (χ0) is 18.0. The van der Waals surface area contributed by atoms with Gasteiger partial charge in [-0.3, -0.25) is 4.79 Å². The standard InChI is InChI=1S/C16H11F3N2O3S/c1-2-23-10-6-4-3-5-9(10)14-20-21-15(24-14)12-8-7-11(25-12)13(22)16(17,18)19/h3-8H,2H2,1H3. The lowest BCUT2D eigenvalue weighted by atomic mass is 10.2. The summed E-state index contributed by atoms with van der Waals surface area (Å²) in [6.07, 6.45) is -4.92. The lowest BCUT2D eigenvalue weighted by molar-refractivity contribution is -0.0882. The molecule has 0 saturated carbocycles. The number of hydrogen-bond acceptors (Lipinski definition) is 6. The number of rotatable bonds is 5. The number of alkyl halides is 3. The Morgan fingerprint density at radius 3 is 2.60 bits per heavy atom. The lowest BCUT2D eigenvalue weighted by Gasteiger charge is -2.05. The predicted molar refractivity (Wildman–Crippen MR) is 84.6 cm³/mol. The van der Waals surface area contributed by atoms with E-state index in [1.807, 2.05) is 6.92 Å². The summed E-state index contributed by atoms with van der Waals surface area (Å²) in [5, 5.41) is 7.76. The van der Waals surface area contributed by atoms with Crippen LogP contribution in [-0.4, -0.2) is 28.8 Å². The van der Waals surface area contributed by atoms with Crippen molar-refractivity contribution < 1.29 is 27.1 Å². The third-order valence-corrected chi connectivity index (χ3v) is 4.21. The van der Waals surface area contributed by atoms with Crippen LogP contribution in [0.1, 0.15) is 16.6 Å². The maximum absolute atomic E-state index is 12.5. The fourth-order valence-corrected chi connectivity index (χ4v) is 2.96. The first-order chi connectivity index (χ1) is 11.9. The van der Waals surface area contributed by atoms with Crippen molar-refractivity contribution in [2.75, 3.05) is 6.61 Å². The number of Topliss-reactive ketones (excluding diaryl/α,β-unsaturated/α-hetero) is 1. The molecule has 0 unspecified atom stereocenters. The van der Waals surface area contributed by atoms with E-state index in [0.29, 0.717) is 29.3 Å². The van der Waals surface area contributed by atoms with Crippen molar-refractivity contribution in [3.63, 3.8) is 0 Å². The van der Waals surface area contributed by atoms with E-state index in [4.69, 9.17) is 9.15 Å². The van der Waals surface area contributed by atoms with Crippen molar-refractivity contribution in [2.24, 2.45) is 0 Å². The van der Waals surface area contributed by atoms with Crippen LogP contribution >= 0.6 is 11.3 Å². The van der Waals surface area contributed by atoms with E-state index < -0.39 is 16.8 Å². The number of thiophene rings is 1. The molecule has 0 radical (unpaired) electrons. The lowest BCUT2D eigenvalue weighted by Crippen LogP contribution is -2.21. The van der Waals surface area contributed by atoms with E-state index in [1.165, 1.54) is 6.07 Å². The minimum Gasteiger partial charge on any atom is -0.493 e. The summed E-state index contributed by atoms with van der Waals surface area (Å²) in [4.78, 5) is 11.1. The SMILES string of the molecule is CCOc1ccccc1-c1nnc(-c2ccc(C(=O)C(F)(F)F)s2)o1. The molecule has 0 amide bonds. The summed E-state index contributed by atoms with van der Waals surface area (Å²) in [6.45, 7) is 2.28. The average molecular weight is 368 g/mol. The zero-order valence-corrected chi connectivity index (χ0v) is 13.6. The molecule has 0 aliphatic heterocycles. The van der Waals surface area contributed by atoms with Crippen molar-refractivity contribution in [1.82, 2.24) is 10.2 Å². The molecule has 0 saturated heterocycles. The van der Waals surface area contributed by atoms with Crippen LogP contribution < -0.4 is 4.74 Å². The molecule has 130 valence electrons. The van der Waals surface area contributed by atoms with Crippen LogP contribution in [0.2, 0.25) is 0 Å². The molecular formula is C16H11F3N2O3S. The second-order valence-corrected chi connectivity index (χ2v) is 5.92. The van der Waals surface area contributed by atoms with Crippen molar-refractivity contribution in [3.8, 4) is 28.0 Å². The van der Waals surface area contributed by atoms with E-state index >= 15 is 0 Å². The topological polar surface area (TPSA) is 65.2 Å². The molecule has 0 spiro atoms. The Morgan fingerprint density at radius 1 is 1.16 bits per heavy atom. The smallest absolute Gasteiger partial charge is 0.455 e. The number of ketones is 1. The highest BCUT2D eigenvalue weighted by molar-refractivity contribution is 7.17. The van der Waals surface area contributed by atoms with Gasteiger partial charge in [-0.25, -0.2) is 0 Å². The minimum atomic E-state index is -4.92. The summed E-state index contributed by atoms with van der Waals surface area (Å²) in [5.74, 6) is -1.13. The normalized spacial score (nSPS) is 11.5. The Balaban J connectivity index is 1.90. The average Bonchev–Trinajstić information content (AvgIpc) is 3.23. The molecular weight excluding hydrogens is 357 g/mol. The number of nitrogens with zero attached hydrogens (tertiary/aromatic N) is 2. The van der Waals surface area contributed by atoms with Gasteiger partial charge in [-0.05, 0) is 31.2 Å². The van der Waals surface area contributed by atoms with E-state index in [2.05, 4.69) is 10.2 Å². The number of hydrogen-bond donors (Lipinski definition) is 0. The van der Waals surface area contributed by atoms with Gasteiger partial charge in [0, 0.05) is 0 Å². The molecule has 0 N–H and O–H groups in total. The van der Waals surface area contributed by atoms with Gasteiger partial charge in [-0.1, -0.05) is 12.1 Å². The summed E-state index contributed by atoms with van der Waals surface area (Å²) >= 11 is 0.647. The van der Waals surface area contributed by atoms with Gasteiger partial charge in [0.15, 0.2) is 0 Å². The Kier molecular flexibility index (Phi) is 4.58. The molecule has 3 aromatic rings. The fraction of sp³-hybridized carbons (Fsp3) is 0.188. The highest BCUT2D eigenvalue weighted by Gasteiger charge is 2.40. The van der Waals surface area contributed by atoms with E-state index in [9.17, 15) is 18.0 Å². The van der Waals surface area contributed by atoms with Gasteiger partial charge >= 0.3 is 6.18 Å². The van der Waals surface area contributed by atoms with Gasteiger partial charge in [0.05, 0.1) is 21.9 Å². The molecule has 0 aliphatic rings. The molecule has 9 heteroatoms. The van der Waals surface area contributed by atoms with Crippen LogP contribution in [0.4, 0.5) is 13.2 Å². The maximum atomic E-state index is 12.5. The van der Waals surface area contributed by atoms with Crippen LogP contribution in [0.5, 0.6) is 5.75 Å². The van der Waals surface area contributed by atoms with E-state index in [1.54, 1.807) is 24.3 Å². The number of aromatic nitrogens is 2. The van der Waals surface area contributed by atoms with Gasteiger partial charge in [0.25, 0.3) is 17.6 Å². The molecule has 2 heterocycles. The third kappa shape index (κ3) is 3.55. The molecule has 0 fully saturated rings. The van der Waals surface area contributed by atoms with Crippen LogP contribution in [0.25, 0.3) is 22.2 Å². The monoisotopic (exact) mass is 368 g/mol. The first-order valence-electron chi connectivity index (χ1n) is 7.17. The number of carbonyl (C=O) groups excluding carboxylic acids is 1. The molecule has 0 atom stereocenters. The summed E-state index contributed by atoms with van der Waals surface area (Å²) in [6, 6.07) is 9.47. The summed E-state index contributed by atoms with van der Waals surface area (Å²) in [5.41, 5.74) is 0.575.